The number of benzene rings is 3. The number of ketones is 1. The zero-order chi connectivity index (χ0) is 28.5. The van der Waals surface area contributed by atoms with Gasteiger partial charge in [0.2, 0.25) is 5.75 Å². The van der Waals surface area contributed by atoms with E-state index in [-0.39, 0.29) is 28.5 Å². The van der Waals surface area contributed by atoms with Crippen LogP contribution in [-0.4, -0.2) is 51.4 Å². The number of methoxy groups -OCH3 is 5. The number of hydrogen-bond acceptors (Lipinski definition) is 10. The molecule has 0 aliphatic carbocycles. The van der Waals surface area contributed by atoms with Crippen LogP contribution in [-0.2, 0) is 0 Å². The maximum absolute atomic E-state index is 12.7. The van der Waals surface area contributed by atoms with Crippen LogP contribution in [0.3, 0.4) is 0 Å². The first-order valence-electron chi connectivity index (χ1n) is 11.4. The molecule has 11 heteroatoms. The van der Waals surface area contributed by atoms with Crippen LogP contribution in [0.2, 0.25) is 0 Å². The fourth-order valence-corrected chi connectivity index (χ4v) is 3.68. The van der Waals surface area contributed by atoms with E-state index in [2.05, 4.69) is 5.32 Å². The van der Waals surface area contributed by atoms with Gasteiger partial charge in [0.15, 0.2) is 34.5 Å². The largest absolute Gasteiger partial charge is 0.504 e. The van der Waals surface area contributed by atoms with Gasteiger partial charge in [-0.25, -0.2) is 0 Å². The summed E-state index contributed by atoms with van der Waals surface area (Å²) in [6.07, 6.45) is 6.14. The number of aromatic hydroxyl groups is 1. The van der Waals surface area contributed by atoms with E-state index in [9.17, 15) is 20.0 Å². The number of nitrogens with one attached hydrogen (secondary N) is 1. The Hall–Kier alpha value is -5.19. The van der Waals surface area contributed by atoms with Crippen molar-refractivity contribution >= 4 is 29.3 Å². The molecule has 2 N–H and O–H groups in total. The molecule has 0 saturated carbocycles. The zero-order valence-electron chi connectivity index (χ0n) is 22.0. The highest BCUT2D eigenvalue weighted by Crippen LogP contribution is 2.39. The second kappa shape index (κ2) is 12.9. The first-order valence-corrected chi connectivity index (χ1v) is 11.4. The van der Waals surface area contributed by atoms with Crippen LogP contribution in [0.5, 0.6) is 34.5 Å². The fraction of sp³-hybridized carbons (Fsp3) is 0.179. The minimum Gasteiger partial charge on any atom is -0.504 e. The standard InChI is InChI=1S/C28H28N2O9/c1-35-24-9-8-19(14-21(24)30(33)34)22(31)10-11-29-20-16-25(36-2)23(32)15-18(20)7-6-17-12-26(37-3)28(39-5)27(13-17)38-4/h6-16,29,32H,1-5H3/b7-6-,11-10-. The summed E-state index contributed by atoms with van der Waals surface area (Å²) in [5.74, 6) is 1.14. The Morgan fingerprint density at radius 1 is 0.846 bits per heavy atom. The van der Waals surface area contributed by atoms with Gasteiger partial charge in [-0.2, -0.15) is 0 Å². The van der Waals surface area contributed by atoms with Gasteiger partial charge < -0.3 is 34.1 Å². The Bertz CT molecular complexity index is 1410. The molecular weight excluding hydrogens is 508 g/mol. The Kier molecular flexibility index (Phi) is 9.36. The average Bonchev–Trinajstić information content (AvgIpc) is 2.95. The van der Waals surface area contributed by atoms with Gasteiger partial charge >= 0.3 is 5.69 Å². The monoisotopic (exact) mass is 536 g/mol. The van der Waals surface area contributed by atoms with Crippen molar-refractivity contribution < 1.29 is 38.5 Å². The minimum absolute atomic E-state index is 0.0540. The highest BCUT2D eigenvalue weighted by Gasteiger charge is 2.17. The smallest absolute Gasteiger partial charge is 0.311 e. The van der Waals surface area contributed by atoms with Gasteiger partial charge in [-0.05, 0) is 35.9 Å². The SMILES string of the molecule is COc1cc(N/C=C\C(=O)c2ccc(OC)c([N+](=O)[O-])c2)c(/C=C\c2cc(OC)c(OC)c(OC)c2)cc1O. The van der Waals surface area contributed by atoms with Crippen molar-refractivity contribution in [3.05, 3.63) is 81.5 Å². The van der Waals surface area contributed by atoms with E-state index in [1.165, 1.54) is 66.0 Å². The molecule has 0 aliphatic rings. The Labute approximate surface area is 225 Å². The summed E-state index contributed by atoms with van der Waals surface area (Å²) in [5.41, 5.74) is 1.62. The predicted molar refractivity (Wildman–Crippen MR) is 146 cm³/mol. The first kappa shape index (κ1) is 28.4. The van der Waals surface area contributed by atoms with Crippen molar-refractivity contribution in [1.29, 1.82) is 0 Å². The molecule has 39 heavy (non-hydrogen) atoms. The predicted octanol–water partition coefficient (Wildman–Crippen LogP) is 5.32. The molecule has 0 radical (unpaired) electrons. The molecule has 0 saturated heterocycles. The van der Waals surface area contributed by atoms with Crippen molar-refractivity contribution in [3.8, 4) is 34.5 Å². The lowest BCUT2D eigenvalue weighted by Gasteiger charge is -2.13. The molecule has 0 unspecified atom stereocenters. The normalized spacial score (nSPS) is 10.9. The first-order chi connectivity index (χ1) is 18.8. The second-order valence-corrected chi connectivity index (χ2v) is 7.89. The molecule has 0 bridgehead atoms. The van der Waals surface area contributed by atoms with Gasteiger partial charge in [0, 0.05) is 41.2 Å². The van der Waals surface area contributed by atoms with E-state index in [0.29, 0.717) is 28.5 Å². The lowest BCUT2D eigenvalue weighted by molar-refractivity contribution is -0.385. The number of ether oxygens (including phenoxy) is 5. The highest BCUT2D eigenvalue weighted by atomic mass is 16.6. The number of nitrogens with zero attached hydrogens (tertiary/aromatic N) is 1. The quantitative estimate of drug-likeness (QED) is 0.0780. The molecule has 11 nitrogen and oxygen atoms in total. The van der Waals surface area contributed by atoms with Crippen LogP contribution in [0.4, 0.5) is 11.4 Å². The summed E-state index contributed by atoms with van der Waals surface area (Å²) in [7, 11) is 7.29. The third-order valence-corrected chi connectivity index (χ3v) is 5.63. The molecule has 0 amide bonds. The van der Waals surface area contributed by atoms with Crippen LogP contribution in [0, 0.1) is 10.1 Å². The molecule has 0 spiro atoms. The molecule has 3 aromatic rings. The third-order valence-electron chi connectivity index (χ3n) is 5.63. The van der Waals surface area contributed by atoms with E-state index in [0.717, 1.165) is 11.6 Å². The van der Waals surface area contributed by atoms with Crippen LogP contribution < -0.4 is 29.0 Å². The summed E-state index contributed by atoms with van der Waals surface area (Å²) >= 11 is 0. The van der Waals surface area contributed by atoms with Crippen LogP contribution in [0.1, 0.15) is 21.5 Å². The molecule has 3 aromatic carbocycles. The number of nitro groups is 1. The summed E-state index contributed by atoms with van der Waals surface area (Å²) in [4.78, 5) is 23.3. The van der Waals surface area contributed by atoms with Crippen LogP contribution >= 0.6 is 0 Å². The fourth-order valence-electron chi connectivity index (χ4n) is 3.68. The van der Waals surface area contributed by atoms with E-state index in [1.807, 2.05) is 0 Å². The van der Waals surface area contributed by atoms with Gasteiger partial charge in [0.25, 0.3) is 0 Å². The van der Waals surface area contributed by atoms with E-state index in [1.54, 1.807) is 30.4 Å². The van der Waals surface area contributed by atoms with Gasteiger partial charge in [0.05, 0.1) is 40.5 Å². The Morgan fingerprint density at radius 3 is 2.05 bits per heavy atom. The number of carbonyl (C=O) groups excluding carboxylic acids is 1. The highest BCUT2D eigenvalue weighted by molar-refractivity contribution is 6.05. The molecule has 0 heterocycles. The number of phenols is 1. The van der Waals surface area contributed by atoms with Crippen molar-refractivity contribution in [2.75, 3.05) is 40.9 Å². The number of hydrogen-bond donors (Lipinski definition) is 2. The Morgan fingerprint density at radius 2 is 1.49 bits per heavy atom. The number of rotatable bonds is 12. The number of anilines is 1. The topological polar surface area (TPSA) is 139 Å². The van der Waals surface area contributed by atoms with Gasteiger partial charge in [-0.15, -0.1) is 0 Å². The van der Waals surface area contributed by atoms with Gasteiger partial charge in [0.1, 0.15) is 0 Å². The number of nitro benzene ring substituents is 1. The van der Waals surface area contributed by atoms with Gasteiger partial charge in [-0.1, -0.05) is 12.2 Å². The van der Waals surface area contributed by atoms with E-state index >= 15 is 0 Å². The zero-order valence-corrected chi connectivity index (χ0v) is 22.0. The summed E-state index contributed by atoms with van der Waals surface area (Å²) < 4.78 is 26.3. The summed E-state index contributed by atoms with van der Waals surface area (Å²) in [5, 5.41) is 24.6. The van der Waals surface area contributed by atoms with E-state index < -0.39 is 10.7 Å². The molecule has 0 aliphatic heterocycles. The molecule has 0 fully saturated rings. The van der Waals surface area contributed by atoms with Gasteiger partial charge in [-0.3, -0.25) is 14.9 Å². The molecule has 0 aromatic heterocycles. The average molecular weight is 537 g/mol. The third kappa shape index (κ3) is 6.58. The molecule has 3 rings (SSSR count). The summed E-state index contributed by atoms with van der Waals surface area (Å²) in [6.45, 7) is 0. The molecular formula is C28H28N2O9. The number of phenolic OH excluding ortho intramolecular Hbond substituents is 1. The molecule has 0 atom stereocenters. The van der Waals surface area contributed by atoms with Crippen molar-refractivity contribution in [2.45, 2.75) is 0 Å². The minimum atomic E-state index is -0.618. The van der Waals surface area contributed by atoms with Crippen LogP contribution in [0.15, 0.2) is 54.7 Å². The number of carbonyl (C=O) groups is 1. The lowest BCUT2D eigenvalue weighted by atomic mass is 10.1. The van der Waals surface area contributed by atoms with Crippen molar-refractivity contribution in [3.63, 3.8) is 0 Å². The Balaban J connectivity index is 1.90. The molecule has 204 valence electrons. The maximum atomic E-state index is 12.7. The summed E-state index contributed by atoms with van der Waals surface area (Å²) in [6, 6.07) is 10.6. The van der Waals surface area contributed by atoms with E-state index in [4.69, 9.17) is 23.7 Å². The van der Waals surface area contributed by atoms with Crippen molar-refractivity contribution in [1.82, 2.24) is 0 Å². The lowest BCUT2D eigenvalue weighted by Crippen LogP contribution is -2.00. The van der Waals surface area contributed by atoms with Crippen molar-refractivity contribution in [2.24, 2.45) is 0 Å². The number of allylic oxidation sites excluding steroid dienone is 1. The van der Waals surface area contributed by atoms with Crippen LogP contribution in [0.25, 0.3) is 12.2 Å². The maximum Gasteiger partial charge on any atom is 0.311 e. The second-order valence-electron chi connectivity index (χ2n) is 7.89.